The second kappa shape index (κ2) is 5.41. The summed E-state index contributed by atoms with van der Waals surface area (Å²) in [6.07, 6.45) is 1.88. The Morgan fingerprint density at radius 1 is 1.27 bits per heavy atom. The van der Waals surface area contributed by atoms with Crippen LogP contribution >= 0.6 is 7.82 Å². The number of phosphoric acid groups is 1. The highest BCUT2D eigenvalue weighted by Gasteiger charge is 2.31. The molecule has 5 nitrogen and oxygen atoms in total. The fraction of sp³-hybridized carbons (Fsp3) is 1.00. The van der Waals surface area contributed by atoms with E-state index < -0.39 is 7.82 Å². The van der Waals surface area contributed by atoms with Gasteiger partial charge >= 0.3 is 7.82 Å². The van der Waals surface area contributed by atoms with Crippen molar-refractivity contribution in [1.29, 1.82) is 0 Å². The SMILES string of the molecule is CCO[C@H]1C[C@@H](C)C[C@@H](OP(=O)(O)O)C1. The van der Waals surface area contributed by atoms with Crippen LogP contribution in [-0.4, -0.2) is 28.6 Å². The molecule has 0 saturated heterocycles. The van der Waals surface area contributed by atoms with Crippen LogP contribution in [0.25, 0.3) is 0 Å². The van der Waals surface area contributed by atoms with Crippen LogP contribution in [0.15, 0.2) is 0 Å². The molecule has 1 aliphatic rings. The predicted octanol–water partition coefficient (Wildman–Crippen LogP) is 1.69. The van der Waals surface area contributed by atoms with Gasteiger partial charge in [0.25, 0.3) is 0 Å². The molecule has 0 aromatic heterocycles. The molecule has 90 valence electrons. The first-order chi connectivity index (χ1) is 6.90. The quantitative estimate of drug-likeness (QED) is 0.729. The lowest BCUT2D eigenvalue weighted by atomic mass is 9.86. The van der Waals surface area contributed by atoms with Gasteiger partial charge in [0.05, 0.1) is 12.2 Å². The van der Waals surface area contributed by atoms with Gasteiger partial charge in [-0.1, -0.05) is 6.92 Å². The molecule has 1 aliphatic carbocycles. The standard InChI is InChI=1S/C9H19O5P/c1-3-13-8-4-7(2)5-9(6-8)14-15(10,11)12/h7-9H,3-6H2,1-2H3,(H2,10,11,12)/t7-,8+,9-/m1/s1. The monoisotopic (exact) mass is 238 g/mol. The van der Waals surface area contributed by atoms with Crippen molar-refractivity contribution in [3.05, 3.63) is 0 Å². The number of hydrogen-bond acceptors (Lipinski definition) is 3. The summed E-state index contributed by atoms with van der Waals surface area (Å²) in [7, 11) is -4.36. The Morgan fingerprint density at radius 3 is 2.40 bits per heavy atom. The average Bonchev–Trinajstić information content (AvgIpc) is 1.99. The smallest absolute Gasteiger partial charge is 0.378 e. The predicted molar refractivity (Wildman–Crippen MR) is 55.3 cm³/mol. The largest absolute Gasteiger partial charge is 0.469 e. The highest BCUT2D eigenvalue weighted by Crippen LogP contribution is 2.42. The van der Waals surface area contributed by atoms with Gasteiger partial charge in [0.15, 0.2) is 0 Å². The Labute approximate surface area is 90.0 Å². The highest BCUT2D eigenvalue weighted by atomic mass is 31.2. The maximum Gasteiger partial charge on any atom is 0.469 e. The Hall–Kier alpha value is 0.0700. The second-order valence-corrected chi connectivity index (χ2v) is 5.30. The van der Waals surface area contributed by atoms with Crippen LogP contribution in [0.2, 0.25) is 0 Å². The van der Waals surface area contributed by atoms with Crippen LogP contribution in [0.3, 0.4) is 0 Å². The summed E-state index contributed by atoms with van der Waals surface area (Å²) in [6.45, 7) is 4.58. The Bertz CT molecular complexity index is 239. The van der Waals surface area contributed by atoms with Crippen LogP contribution in [0.5, 0.6) is 0 Å². The number of ether oxygens (including phenoxy) is 1. The van der Waals surface area contributed by atoms with Crippen LogP contribution in [0.4, 0.5) is 0 Å². The maximum atomic E-state index is 10.7. The van der Waals surface area contributed by atoms with E-state index >= 15 is 0 Å². The maximum absolute atomic E-state index is 10.7. The van der Waals surface area contributed by atoms with Gasteiger partial charge in [0.1, 0.15) is 0 Å². The first-order valence-corrected chi connectivity index (χ1v) is 6.79. The fourth-order valence-corrected chi connectivity index (χ4v) is 2.69. The summed E-state index contributed by atoms with van der Waals surface area (Å²) in [5.41, 5.74) is 0. The topological polar surface area (TPSA) is 76.0 Å². The molecule has 15 heavy (non-hydrogen) atoms. The molecule has 3 atom stereocenters. The van der Waals surface area contributed by atoms with E-state index in [1.807, 2.05) is 13.8 Å². The van der Waals surface area contributed by atoms with Gasteiger partial charge in [0.2, 0.25) is 0 Å². The van der Waals surface area contributed by atoms with Gasteiger partial charge in [-0.2, -0.15) is 0 Å². The van der Waals surface area contributed by atoms with Crippen molar-refractivity contribution in [2.24, 2.45) is 5.92 Å². The third-order valence-electron chi connectivity index (χ3n) is 2.55. The summed E-state index contributed by atoms with van der Waals surface area (Å²) in [5, 5.41) is 0. The minimum atomic E-state index is -4.36. The molecule has 0 aromatic rings. The minimum absolute atomic E-state index is 0.0651. The lowest BCUT2D eigenvalue weighted by molar-refractivity contribution is -0.0246. The van der Waals surface area contributed by atoms with Gasteiger partial charge in [-0.05, 0) is 25.7 Å². The van der Waals surface area contributed by atoms with E-state index in [1.54, 1.807) is 0 Å². The van der Waals surface area contributed by atoms with Gasteiger partial charge in [-0.3, -0.25) is 4.52 Å². The molecular formula is C9H19O5P. The van der Waals surface area contributed by atoms with Crippen LogP contribution in [-0.2, 0) is 13.8 Å². The number of rotatable bonds is 4. The Balaban J connectivity index is 2.48. The normalized spacial score (nSPS) is 32.9. The van der Waals surface area contributed by atoms with E-state index in [1.165, 1.54) is 0 Å². The van der Waals surface area contributed by atoms with Crippen molar-refractivity contribution < 1.29 is 23.6 Å². The molecule has 0 aromatic carbocycles. The van der Waals surface area contributed by atoms with Crippen molar-refractivity contribution in [3.63, 3.8) is 0 Å². The summed E-state index contributed by atoms with van der Waals surface area (Å²) in [5.74, 6) is 0.381. The van der Waals surface area contributed by atoms with E-state index in [0.717, 1.165) is 6.42 Å². The molecule has 1 rings (SSSR count). The third kappa shape index (κ3) is 5.09. The van der Waals surface area contributed by atoms with Crippen molar-refractivity contribution >= 4 is 7.82 Å². The molecule has 0 bridgehead atoms. The molecule has 0 unspecified atom stereocenters. The molecule has 1 fully saturated rings. The van der Waals surface area contributed by atoms with Crippen molar-refractivity contribution in [1.82, 2.24) is 0 Å². The minimum Gasteiger partial charge on any atom is -0.378 e. The number of hydrogen-bond donors (Lipinski definition) is 2. The van der Waals surface area contributed by atoms with Crippen molar-refractivity contribution in [2.75, 3.05) is 6.61 Å². The molecule has 0 amide bonds. The lowest BCUT2D eigenvalue weighted by Crippen LogP contribution is -2.31. The molecule has 0 spiro atoms. The molecular weight excluding hydrogens is 219 g/mol. The molecule has 1 saturated carbocycles. The second-order valence-electron chi connectivity index (χ2n) is 4.11. The zero-order valence-corrected chi connectivity index (χ0v) is 10.0. The molecule has 0 heterocycles. The van der Waals surface area contributed by atoms with Crippen molar-refractivity contribution in [3.8, 4) is 0 Å². The third-order valence-corrected chi connectivity index (χ3v) is 3.12. The highest BCUT2D eigenvalue weighted by molar-refractivity contribution is 7.46. The van der Waals surface area contributed by atoms with E-state index in [4.69, 9.17) is 19.0 Å². The summed E-state index contributed by atoms with van der Waals surface area (Å²) in [6, 6.07) is 0. The molecule has 6 heteroatoms. The van der Waals surface area contributed by atoms with Gasteiger partial charge in [-0.25, -0.2) is 4.57 Å². The van der Waals surface area contributed by atoms with E-state index in [-0.39, 0.29) is 12.2 Å². The van der Waals surface area contributed by atoms with Crippen LogP contribution < -0.4 is 0 Å². The summed E-state index contributed by atoms with van der Waals surface area (Å²) < 4.78 is 20.9. The fourth-order valence-electron chi connectivity index (χ4n) is 2.13. The molecule has 0 aliphatic heterocycles. The van der Waals surface area contributed by atoms with E-state index in [9.17, 15) is 4.57 Å². The molecule has 2 N–H and O–H groups in total. The van der Waals surface area contributed by atoms with Crippen LogP contribution in [0.1, 0.15) is 33.1 Å². The number of phosphoric ester groups is 1. The Kier molecular flexibility index (Phi) is 4.74. The van der Waals surface area contributed by atoms with E-state index in [2.05, 4.69) is 0 Å². The lowest BCUT2D eigenvalue weighted by Gasteiger charge is -2.32. The van der Waals surface area contributed by atoms with E-state index in [0.29, 0.717) is 25.4 Å². The zero-order chi connectivity index (χ0) is 11.5. The molecule has 0 radical (unpaired) electrons. The summed E-state index contributed by atoms with van der Waals surface area (Å²) >= 11 is 0. The van der Waals surface area contributed by atoms with Gasteiger partial charge in [-0.15, -0.1) is 0 Å². The van der Waals surface area contributed by atoms with Crippen molar-refractivity contribution in [2.45, 2.75) is 45.3 Å². The average molecular weight is 238 g/mol. The first kappa shape index (κ1) is 13.1. The van der Waals surface area contributed by atoms with Gasteiger partial charge in [0, 0.05) is 13.0 Å². The Morgan fingerprint density at radius 2 is 1.87 bits per heavy atom. The summed E-state index contributed by atoms with van der Waals surface area (Å²) in [4.78, 5) is 17.4. The zero-order valence-electron chi connectivity index (χ0n) is 9.13. The van der Waals surface area contributed by atoms with Crippen LogP contribution in [0, 0.1) is 5.92 Å². The van der Waals surface area contributed by atoms with Gasteiger partial charge < -0.3 is 14.5 Å². The first-order valence-electron chi connectivity index (χ1n) is 5.26.